The van der Waals surface area contributed by atoms with E-state index in [1.165, 1.54) is 88.1 Å². The molecule has 1 heterocycles. The normalized spacial score (nSPS) is 28.0. The molecular formula is C30H48ClN3. The number of aromatic nitrogens is 1. The maximum absolute atomic E-state index is 6.96. The summed E-state index contributed by atoms with van der Waals surface area (Å²) in [7, 11) is 0. The van der Waals surface area contributed by atoms with E-state index in [0.717, 1.165) is 43.9 Å². The lowest BCUT2D eigenvalue weighted by Crippen LogP contribution is -2.46. The summed E-state index contributed by atoms with van der Waals surface area (Å²) in [5.41, 5.74) is 16.3. The van der Waals surface area contributed by atoms with Crippen LogP contribution in [0.1, 0.15) is 114 Å². The Labute approximate surface area is 213 Å². The lowest BCUT2D eigenvalue weighted by molar-refractivity contribution is 0.225. The first-order valence-electron chi connectivity index (χ1n) is 14.2. The molecule has 3 fully saturated rings. The van der Waals surface area contributed by atoms with Crippen LogP contribution < -0.4 is 11.5 Å². The standard InChI is InChI=1S/C30H47N3.ClH/c31-25-15-18-30(32,19-16-25)20-17-26(24-11-5-2-6-12-24)28-22-33(21-23-9-3-1-4-10-23)29-14-8-7-13-27(28)29;/h7-8,13-14,22-26H,1-6,9-12,15-21,31-32H2;1H. The Morgan fingerprint density at radius 3 is 2.24 bits per heavy atom. The molecule has 5 rings (SSSR count). The van der Waals surface area contributed by atoms with Gasteiger partial charge in [0, 0.05) is 35.2 Å². The van der Waals surface area contributed by atoms with Crippen molar-refractivity contribution in [2.45, 2.75) is 127 Å². The van der Waals surface area contributed by atoms with Crippen LogP contribution in [0.4, 0.5) is 0 Å². The molecule has 190 valence electrons. The van der Waals surface area contributed by atoms with Crippen LogP contribution in [0.5, 0.6) is 0 Å². The minimum atomic E-state index is 0. The molecule has 2 aromatic rings. The van der Waals surface area contributed by atoms with Crippen LogP contribution in [0.15, 0.2) is 30.5 Å². The molecule has 3 aliphatic rings. The number of rotatable bonds is 7. The topological polar surface area (TPSA) is 57.0 Å². The molecule has 0 saturated heterocycles. The first-order valence-corrected chi connectivity index (χ1v) is 14.2. The van der Waals surface area contributed by atoms with Gasteiger partial charge in [-0.15, -0.1) is 12.4 Å². The summed E-state index contributed by atoms with van der Waals surface area (Å²) in [5, 5.41) is 1.51. The predicted molar refractivity (Wildman–Crippen MR) is 148 cm³/mol. The van der Waals surface area contributed by atoms with E-state index in [1.807, 2.05) is 0 Å². The number of benzene rings is 1. The van der Waals surface area contributed by atoms with E-state index in [4.69, 9.17) is 11.5 Å². The van der Waals surface area contributed by atoms with Crippen molar-refractivity contribution in [3.8, 4) is 0 Å². The average molecular weight is 486 g/mol. The number of nitrogens with two attached hydrogens (primary N) is 2. The molecule has 34 heavy (non-hydrogen) atoms. The third-order valence-corrected chi connectivity index (χ3v) is 9.60. The van der Waals surface area contributed by atoms with Crippen LogP contribution in [0.3, 0.4) is 0 Å². The van der Waals surface area contributed by atoms with E-state index in [0.29, 0.717) is 12.0 Å². The zero-order valence-corrected chi connectivity index (χ0v) is 22.0. The Kier molecular flexibility index (Phi) is 9.04. The van der Waals surface area contributed by atoms with Crippen molar-refractivity contribution in [2.75, 3.05) is 0 Å². The minimum absolute atomic E-state index is 0. The predicted octanol–water partition coefficient (Wildman–Crippen LogP) is 7.69. The molecule has 0 aliphatic heterocycles. The Hall–Kier alpha value is -1.03. The third-order valence-electron chi connectivity index (χ3n) is 9.60. The molecule has 0 bridgehead atoms. The quantitative estimate of drug-likeness (QED) is 0.422. The van der Waals surface area contributed by atoms with Gasteiger partial charge in [0.05, 0.1) is 0 Å². The van der Waals surface area contributed by atoms with Crippen molar-refractivity contribution in [1.29, 1.82) is 0 Å². The van der Waals surface area contributed by atoms with E-state index in [1.54, 1.807) is 5.56 Å². The summed E-state index contributed by atoms with van der Waals surface area (Å²) in [5.74, 6) is 2.33. The number of fused-ring (bicyclic) bond motifs is 1. The van der Waals surface area contributed by atoms with Gasteiger partial charge >= 0.3 is 0 Å². The van der Waals surface area contributed by atoms with E-state index >= 15 is 0 Å². The number of para-hydroxylation sites is 1. The smallest absolute Gasteiger partial charge is 0.0483 e. The molecule has 4 heteroatoms. The second-order valence-electron chi connectivity index (χ2n) is 12.0. The highest BCUT2D eigenvalue weighted by atomic mass is 35.5. The summed E-state index contributed by atoms with van der Waals surface area (Å²) in [4.78, 5) is 0. The van der Waals surface area contributed by atoms with E-state index in [2.05, 4.69) is 35.0 Å². The zero-order chi connectivity index (χ0) is 22.7. The van der Waals surface area contributed by atoms with Gasteiger partial charge < -0.3 is 16.0 Å². The van der Waals surface area contributed by atoms with Crippen molar-refractivity contribution in [3.05, 3.63) is 36.0 Å². The van der Waals surface area contributed by atoms with Crippen LogP contribution in [-0.2, 0) is 6.54 Å². The highest BCUT2D eigenvalue weighted by Gasteiger charge is 2.34. The fraction of sp³-hybridized carbons (Fsp3) is 0.733. The second kappa shape index (κ2) is 11.8. The summed E-state index contributed by atoms with van der Waals surface area (Å²) in [6.45, 7) is 1.20. The first-order chi connectivity index (χ1) is 16.1. The number of hydrogen-bond donors (Lipinski definition) is 2. The molecule has 0 radical (unpaired) electrons. The number of halogens is 1. The Bertz CT molecular complexity index is 886. The van der Waals surface area contributed by atoms with Crippen molar-refractivity contribution >= 4 is 23.3 Å². The van der Waals surface area contributed by atoms with Gasteiger partial charge in [0.25, 0.3) is 0 Å². The van der Waals surface area contributed by atoms with Gasteiger partial charge in [-0.3, -0.25) is 0 Å². The number of hydrogen-bond acceptors (Lipinski definition) is 2. The van der Waals surface area contributed by atoms with Crippen LogP contribution in [0.2, 0.25) is 0 Å². The Balaban J connectivity index is 0.00000274. The molecule has 4 N–H and O–H groups in total. The van der Waals surface area contributed by atoms with Gasteiger partial charge in [0.1, 0.15) is 0 Å². The fourth-order valence-electron chi connectivity index (χ4n) is 7.46. The average Bonchev–Trinajstić information content (AvgIpc) is 3.21. The molecule has 3 saturated carbocycles. The van der Waals surface area contributed by atoms with Crippen molar-refractivity contribution in [1.82, 2.24) is 4.57 Å². The Morgan fingerprint density at radius 1 is 0.882 bits per heavy atom. The summed E-state index contributed by atoms with van der Waals surface area (Å²) in [6, 6.07) is 9.62. The third kappa shape index (κ3) is 6.02. The lowest BCUT2D eigenvalue weighted by Gasteiger charge is -2.38. The number of nitrogens with zero attached hydrogens (tertiary/aromatic N) is 1. The van der Waals surface area contributed by atoms with E-state index in [-0.39, 0.29) is 17.9 Å². The van der Waals surface area contributed by atoms with Gasteiger partial charge in [-0.05, 0) is 93.6 Å². The maximum Gasteiger partial charge on any atom is 0.0483 e. The second-order valence-corrected chi connectivity index (χ2v) is 12.0. The zero-order valence-electron chi connectivity index (χ0n) is 21.2. The SMILES string of the molecule is Cl.NC1CCC(N)(CCC(c2cn(CC3CCCCC3)c3ccccc23)C2CCCCC2)CC1. The summed E-state index contributed by atoms with van der Waals surface area (Å²) < 4.78 is 2.63. The molecular weight excluding hydrogens is 438 g/mol. The lowest BCUT2D eigenvalue weighted by atomic mass is 9.71. The molecule has 3 nitrogen and oxygen atoms in total. The molecule has 1 unspecified atom stereocenters. The van der Waals surface area contributed by atoms with E-state index < -0.39 is 0 Å². The molecule has 1 atom stereocenters. The molecule has 1 aromatic carbocycles. The van der Waals surface area contributed by atoms with Crippen molar-refractivity contribution in [3.63, 3.8) is 0 Å². The highest BCUT2D eigenvalue weighted by molar-refractivity contribution is 5.85. The fourth-order valence-corrected chi connectivity index (χ4v) is 7.46. The van der Waals surface area contributed by atoms with Gasteiger partial charge in [-0.2, -0.15) is 0 Å². The summed E-state index contributed by atoms with van der Waals surface area (Å²) in [6.07, 6.45) is 23.5. The monoisotopic (exact) mass is 485 g/mol. The maximum atomic E-state index is 6.96. The van der Waals surface area contributed by atoms with Gasteiger partial charge in [-0.25, -0.2) is 0 Å². The first kappa shape index (κ1) is 26.0. The van der Waals surface area contributed by atoms with Gasteiger partial charge in [0.15, 0.2) is 0 Å². The minimum Gasteiger partial charge on any atom is -0.347 e. The van der Waals surface area contributed by atoms with Gasteiger partial charge in [-0.1, -0.05) is 56.7 Å². The Morgan fingerprint density at radius 2 is 1.53 bits per heavy atom. The summed E-state index contributed by atoms with van der Waals surface area (Å²) >= 11 is 0. The molecule has 0 spiro atoms. The van der Waals surface area contributed by atoms with Crippen LogP contribution in [0, 0.1) is 11.8 Å². The molecule has 0 amide bonds. The van der Waals surface area contributed by atoms with E-state index in [9.17, 15) is 0 Å². The van der Waals surface area contributed by atoms with Crippen LogP contribution >= 0.6 is 12.4 Å². The molecule has 3 aliphatic carbocycles. The van der Waals surface area contributed by atoms with Crippen LogP contribution in [0.25, 0.3) is 10.9 Å². The van der Waals surface area contributed by atoms with Crippen molar-refractivity contribution < 1.29 is 0 Å². The largest absolute Gasteiger partial charge is 0.347 e. The highest BCUT2D eigenvalue weighted by Crippen LogP contribution is 2.44. The van der Waals surface area contributed by atoms with Crippen LogP contribution in [-0.4, -0.2) is 16.1 Å². The van der Waals surface area contributed by atoms with Crippen molar-refractivity contribution in [2.24, 2.45) is 23.3 Å². The molecule has 1 aromatic heterocycles. The van der Waals surface area contributed by atoms with Gasteiger partial charge in [0.2, 0.25) is 0 Å².